The molecule has 160 valence electrons. The van der Waals surface area contributed by atoms with Crippen molar-refractivity contribution in [3.05, 3.63) is 95.3 Å². The van der Waals surface area contributed by atoms with E-state index in [1.165, 1.54) is 0 Å². The fraction of sp³-hybridized carbons (Fsp3) is 0.192. The first-order valence-electron chi connectivity index (χ1n) is 10.5. The number of rotatable bonds is 4. The Morgan fingerprint density at radius 3 is 2.81 bits per heavy atom. The first kappa shape index (κ1) is 20.3. The van der Waals surface area contributed by atoms with Gasteiger partial charge < -0.3 is 15.2 Å². The zero-order valence-corrected chi connectivity index (χ0v) is 17.7. The second-order valence-corrected chi connectivity index (χ2v) is 8.25. The first-order chi connectivity index (χ1) is 15.5. The zero-order chi connectivity index (χ0) is 22.1. The van der Waals surface area contributed by atoms with E-state index in [-0.39, 0.29) is 19.1 Å². The molecule has 0 spiro atoms. The van der Waals surface area contributed by atoms with Crippen LogP contribution in [0.2, 0.25) is 0 Å². The van der Waals surface area contributed by atoms with E-state index in [9.17, 15) is 9.90 Å². The van der Waals surface area contributed by atoms with Gasteiger partial charge in [-0.2, -0.15) is 0 Å². The molecule has 1 aliphatic rings. The summed E-state index contributed by atoms with van der Waals surface area (Å²) < 4.78 is 5.42. The Bertz CT molecular complexity index is 1300. The summed E-state index contributed by atoms with van der Waals surface area (Å²) in [4.78, 5) is 22.0. The number of carbonyl (C=O) groups is 1. The van der Waals surface area contributed by atoms with Crippen LogP contribution in [0.15, 0.2) is 72.9 Å². The fourth-order valence-electron chi connectivity index (χ4n) is 3.98. The van der Waals surface area contributed by atoms with Gasteiger partial charge in [0.1, 0.15) is 5.60 Å². The number of fused-ring (bicyclic) bond motifs is 2. The number of carbonyl (C=O) groups excluding carboxylic acids is 1. The van der Waals surface area contributed by atoms with Crippen molar-refractivity contribution in [1.29, 1.82) is 0 Å². The number of hydrogen-bond acceptors (Lipinski definition) is 5. The van der Waals surface area contributed by atoms with E-state index >= 15 is 0 Å². The smallest absolute Gasteiger partial charge is 0.251 e. The molecule has 32 heavy (non-hydrogen) atoms. The number of benzene rings is 2. The average Bonchev–Trinajstić information content (AvgIpc) is 2.82. The van der Waals surface area contributed by atoms with Crippen LogP contribution in [0.5, 0.6) is 0 Å². The quantitative estimate of drug-likeness (QED) is 0.517. The van der Waals surface area contributed by atoms with Gasteiger partial charge in [0.2, 0.25) is 0 Å². The summed E-state index contributed by atoms with van der Waals surface area (Å²) in [6.07, 6.45) is 1.77. The second-order valence-electron chi connectivity index (χ2n) is 8.25. The number of aliphatic hydroxyl groups is 1. The lowest BCUT2D eigenvalue weighted by atomic mass is 9.89. The Labute approximate surface area is 185 Å². The Morgan fingerprint density at radius 1 is 1.12 bits per heavy atom. The molecule has 6 nitrogen and oxygen atoms in total. The molecule has 0 saturated heterocycles. The number of pyridine rings is 2. The lowest BCUT2D eigenvalue weighted by Gasteiger charge is -2.31. The molecule has 5 rings (SSSR count). The summed E-state index contributed by atoms with van der Waals surface area (Å²) in [6.45, 7) is 2.63. The van der Waals surface area contributed by atoms with Crippen LogP contribution in [-0.2, 0) is 23.5 Å². The molecule has 0 fully saturated rings. The first-order valence-corrected chi connectivity index (χ1v) is 10.5. The highest BCUT2D eigenvalue weighted by atomic mass is 16.5. The van der Waals surface area contributed by atoms with Crippen LogP contribution < -0.4 is 5.32 Å². The summed E-state index contributed by atoms with van der Waals surface area (Å²) in [7, 11) is 0. The maximum Gasteiger partial charge on any atom is 0.251 e. The van der Waals surface area contributed by atoms with Crippen LogP contribution in [0.3, 0.4) is 0 Å². The maximum absolute atomic E-state index is 12.8. The fourth-order valence-corrected chi connectivity index (χ4v) is 3.98. The van der Waals surface area contributed by atoms with Gasteiger partial charge in [-0.3, -0.25) is 9.78 Å². The summed E-state index contributed by atoms with van der Waals surface area (Å²) in [6, 6.07) is 21.2. The lowest BCUT2D eigenvalue weighted by Crippen LogP contribution is -2.34. The Kier molecular flexibility index (Phi) is 5.17. The lowest BCUT2D eigenvalue weighted by molar-refractivity contribution is -0.0603. The highest BCUT2D eigenvalue weighted by Gasteiger charge is 2.31. The molecule has 1 atom stereocenters. The molecule has 0 bridgehead atoms. The SMILES string of the molecule is C[C@@]1(O)COCc2ccc(C(=O)NCc3cc4nc(-c5ccccc5)ccc4cn3)cc21. The van der Waals surface area contributed by atoms with Crippen LogP contribution in [0.25, 0.3) is 22.2 Å². The molecular weight excluding hydrogens is 402 g/mol. The van der Waals surface area contributed by atoms with Crippen LogP contribution in [-0.4, -0.2) is 27.6 Å². The van der Waals surface area contributed by atoms with Gasteiger partial charge in [-0.1, -0.05) is 36.4 Å². The van der Waals surface area contributed by atoms with E-state index < -0.39 is 5.60 Å². The van der Waals surface area contributed by atoms with Crippen molar-refractivity contribution in [2.45, 2.75) is 25.7 Å². The molecular formula is C26H23N3O3. The van der Waals surface area contributed by atoms with Crippen molar-refractivity contribution < 1.29 is 14.6 Å². The van der Waals surface area contributed by atoms with E-state index in [4.69, 9.17) is 9.72 Å². The molecule has 6 heteroatoms. The number of amides is 1. The van der Waals surface area contributed by atoms with Gasteiger partial charge in [0, 0.05) is 22.7 Å². The van der Waals surface area contributed by atoms with Crippen molar-refractivity contribution in [2.24, 2.45) is 0 Å². The van der Waals surface area contributed by atoms with Gasteiger partial charge >= 0.3 is 0 Å². The van der Waals surface area contributed by atoms with Crippen LogP contribution in [0.1, 0.15) is 34.1 Å². The minimum absolute atomic E-state index is 0.212. The van der Waals surface area contributed by atoms with Crippen LogP contribution >= 0.6 is 0 Å². The van der Waals surface area contributed by atoms with Crippen LogP contribution in [0.4, 0.5) is 0 Å². The van der Waals surface area contributed by atoms with E-state index in [0.29, 0.717) is 12.2 Å². The topological polar surface area (TPSA) is 84.3 Å². The van der Waals surface area contributed by atoms with Crippen molar-refractivity contribution in [2.75, 3.05) is 6.61 Å². The number of ether oxygens (including phenoxy) is 1. The van der Waals surface area contributed by atoms with Gasteiger partial charge in [0.25, 0.3) is 5.91 Å². The minimum Gasteiger partial charge on any atom is -0.383 e. The van der Waals surface area contributed by atoms with E-state index in [2.05, 4.69) is 10.3 Å². The Morgan fingerprint density at radius 2 is 1.97 bits per heavy atom. The third kappa shape index (κ3) is 3.98. The minimum atomic E-state index is -1.11. The summed E-state index contributed by atoms with van der Waals surface area (Å²) in [5.74, 6) is -0.219. The molecule has 1 amide bonds. The summed E-state index contributed by atoms with van der Waals surface area (Å²) >= 11 is 0. The molecule has 0 aliphatic carbocycles. The normalized spacial score (nSPS) is 17.7. The molecule has 4 aromatic rings. The third-order valence-electron chi connectivity index (χ3n) is 5.72. The highest BCUT2D eigenvalue weighted by Crippen LogP contribution is 2.30. The van der Waals surface area contributed by atoms with Crippen molar-refractivity contribution in [3.8, 4) is 11.3 Å². The molecule has 2 aromatic heterocycles. The third-order valence-corrected chi connectivity index (χ3v) is 5.72. The summed E-state index contributed by atoms with van der Waals surface area (Å²) in [5.41, 5.74) is 4.52. The van der Waals surface area contributed by atoms with Gasteiger partial charge in [0.15, 0.2) is 0 Å². The molecule has 2 aromatic carbocycles. The molecule has 0 radical (unpaired) electrons. The highest BCUT2D eigenvalue weighted by molar-refractivity contribution is 5.94. The molecule has 2 N–H and O–H groups in total. The molecule has 3 heterocycles. The van der Waals surface area contributed by atoms with Gasteiger partial charge in [-0.15, -0.1) is 0 Å². The van der Waals surface area contributed by atoms with E-state index in [1.54, 1.807) is 25.3 Å². The predicted molar refractivity (Wildman–Crippen MR) is 122 cm³/mol. The molecule has 0 unspecified atom stereocenters. The van der Waals surface area contributed by atoms with E-state index in [1.807, 2.05) is 54.6 Å². The second kappa shape index (κ2) is 8.15. The van der Waals surface area contributed by atoms with Crippen molar-refractivity contribution >= 4 is 16.8 Å². The number of nitrogens with zero attached hydrogens (tertiary/aromatic N) is 2. The van der Waals surface area contributed by atoms with Crippen LogP contribution in [0, 0.1) is 0 Å². The largest absolute Gasteiger partial charge is 0.383 e. The standard InChI is InChI=1S/C26H23N3O3/c1-26(31)16-32-15-20-8-7-18(11-22(20)26)25(30)28-14-21-12-24-19(13-27-21)9-10-23(29-24)17-5-3-2-4-6-17/h2-13,31H,14-16H2,1H3,(H,28,30)/t26-/m1/s1. The Balaban J connectivity index is 1.34. The maximum atomic E-state index is 12.8. The zero-order valence-electron chi connectivity index (χ0n) is 17.7. The number of nitrogens with one attached hydrogen (secondary N) is 1. The predicted octanol–water partition coefficient (Wildman–Crippen LogP) is 3.96. The van der Waals surface area contributed by atoms with Crippen molar-refractivity contribution in [1.82, 2.24) is 15.3 Å². The van der Waals surface area contributed by atoms with Crippen molar-refractivity contribution in [3.63, 3.8) is 0 Å². The molecule has 1 aliphatic heterocycles. The van der Waals surface area contributed by atoms with E-state index in [0.717, 1.165) is 39.0 Å². The van der Waals surface area contributed by atoms with Gasteiger partial charge in [-0.25, -0.2) is 4.98 Å². The Hall–Kier alpha value is -3.61. The van der Waals surface area contributed by atoms with Gasteiger partial charge in [-0.05, 0) is 48.4 Å². The average molecular weight is 425 g/mol. The monoisotopic (exact) mass is 425 g/mol. The number of aromatic nitrogens is 2. The van der Waals surface area contributed by atoms with Gasteiger partial charge in [0.05, 0.1) is 36.7 Å². The summed E-state index contributed by atoms with van der Waals surface area (Å²) in [5, 5.41) is 14.4. The molecule has 0 saturated carbocycles. The number of hydrogen-bond donors (Lipinski definition) is 2.